The third-order valence-electron chi connectivity index (χ3n) is 3.50. The van der Waals surface area contributed by atoms with Gasteiger partial charge in [0.1, 0.15) is 0 Å². The van der Waals surface area contributed by atoms with Crippen molar-refractivity contribution in [2.45, 2.75) is 52.3 Å². The zero-order valence-electron chi connectivity index (χ0n) is 12.2. The van der Waals surface area contributed by atoms with E-state index in [9.17, 15) is 0 Å². The summed E-state index contributed by atoms with van der Waals surface area (Å²) in [6.07, 6.45) is 1.21. The van der Waals surface area contributed by atoms with Crippen molar-refractivity contribution in [3.8, 4) is 0 Å². The van der Waals surface area contributed by atoms with Crippen LogP contribution >= 0.6 is 0 Å². The normalized spacial score (nSPS) is 25.6. The highest BCUT2D eigenvalue weighted by atomic mass is 16.5. The van der Waals surface area contributed by atoms with Gasteiger partial charge in [-0.15, -0.1) is 5.10 Å². The van der Waals surface area contributed by atoms with Gasteiger partial charge >= 0.3 is 6.01 Å². The molecule has 0 saturated carbocycles. The van der Waals surface area contributed by atoms with Gasteiger partial charge in [0.2, 0.25) is 5.89 Å². The van der Waals surface area contributed by atoms with E-state index in [0.29, 0.717) is 17.9 Å². The highest BCUT2D eigenvalue weighted by Crippen LogP contribution is 2.23. The standard InChI is InChI=1S/C13H24N4O2/c1-5-11-8-18-9(3)7-17(11)13-16-15-12(19-13)10(4)14-6-2/h9-11,14H,5-8H2,1-4H3. The minimum absolute atomic E-state index is 0.0878. The maximum atomic E-state index is 5.80. The van der Waals surface area contributed by atoms with Crippen LogP contribution in [0.5, 0.6) is 0 Å². The Labute approximate surface area is 114 Å². The molecule has 3 unspecified atom stereocenters. The van der Waals surface area contributed by atoms with Crippen LogP contribution in [0.25, 0.3) is 0 Å². The second kappa shape index (κ2) is 6.34. The molecule has 0 aliphatic carbocycles. The van der Waals surface area contributed by atoms with Gasteiger partial charge in [0.05, 0.1) is 24.8 Å². The molecule has 2 rings (SSSR count). The Kier molecular flexibility index (Phi) is 4.76. The quantitative estimate of drug-likeness (QED) is 0.877. The van der Waals surface area contributed by atoms with Crippen molar-refractivity contribution in [1.82, 2.24) is 15.5 Å². The molecule has 1 aromatic rings. The highest BCUT2D eigenvalue weighted by molar-refractivity contribution is 5.28. The number of hydrogen-bond acceptors (Lipinski definition) is 6. The molecule has 1 aromatic heterocycles. The average Bonchev–Trinajstić information content (AvgIpc) is 2.88. The van der Waals surface area contributed by atoms with E-state index in [0.717, 1.165) is 26.1 Å². The van der Waals surface area contributed by atoms with Gasteiger partial charge in [0.25, 0.3) is 0 Å². The second-order valence-electron chi connectivity index (χ2n) is 5.06. The summed E-state index contributed by atoms with van der Waals surface area (Å²) in [4.78, 5) is 2.17. The number of nitrogens with zero attached hydrogens (tertiary/aromatic N) is 3. The Morgan fingerprint density at radius 1 is 1.42 bits per heavy atom. The highest BCUT2D eigenvalue weighted by Gasteiger charge is 2.29. The number of anilines is 1. The van der Waals surface area contributed by atoms with E-state index in [1.165, 1.54) is 0 Å². The molecule has 108 valence electrons. The summed E-state index contributed by atoms with van der Waals surface area (Å²) in [7, 11) is 0. The fraction of sp³-hybridized carbons (Fsp3) is 0.846. The van der Waals surface area contributed by atoms with Crippen LogP contribution in [0.1, 0.15) is 46.0 Å². The van der Waals surface area contributed by atoms with E-state index in [-0.39, 0.29) is 12.1 Å². The maximum absolute atomic E-state index is 5.80. The Morgan fingerprint density at radius 3 is 2.89 bits per heavy atom. The molecule has 1 fully saturated rings. The topological polar surface area (TPSA) is 63.4 Å². The molecule has 2 heterocycles. The van der Waals surface area contributed by atoms with Crippen molar-refractivity contribution in [2.75, 3.05) is 24.6 Å². The summed E-state index contributed by atoms with van der Waals surface area (Å²) in [5.41, 5.74) is 0. The first-order chi connectivity index (χ1) is 9.15. The molecule has 1 aliphatic rings. The summed E-state index contributed by atoms with van der Waals surface area (Å²) < 4.78 is 11.5. The Hall–Kier alpha value is -1.14. The number of rotatable bonds is 5. The molecule has 1 saturated heterocycles. The first kappa shape index (κ1) is 14.3. The molecule has 6 heteroatoms. The minimum atomic E-state index is 0.0878. The summed E-state index contributed by atoms with van der Waals surface area (Å²) in [6, 6.07) is 1.02. The lowest BCUT2D eigenvalue weighted by molar-refractivity contribution is 0.0277. The van der Waals surface area contributed by atoms with E-state index < -0.39 is 0 Å². The van der Waals surface area contributed by atoms with Crippen LogP contribution in [0.15, 0.2) is 4.42 Å². The van der Waals surface area contributed by atoms with Gasteiger partial charge in [-0.1, -0.05) is 18.9 Å². The van der Waals surface area contributed by atoms with E-state index in [2.05, 4.69) is 41.2 Å². The lowest BCUT2D eigenvalue weighted by atomic mass is 10.1. The zero-order chi connectivity index (χ0) is 13.8. The van der Waals surface area contributed by atoms with Gasteiger partial charge in [0.15, 0.2) is 0 Å². The fourth-order valence-electron chi connectivity index (χ4n) is 2.33. The third kappa shape index (κ3) is 3.25. The van der Waals surface area contributed by atoms with E-state index in [4.69, 9.17) is 9.15 Å². The largest absolute Gasteiger partial charge is 0.406 e. The number of aromatic nitrogens is 2. The Balaban J connectivity index is 2.11. The summed E-state index contributed by atoms with van der Waals surface area (Å²) in [5, 5.41) is 11.6. The maximum Gasteiger partial charge on any atom is 0.318 e. The van der Waals surface area contributed by atoms with Crippen LogP contribution in [0.3, 0.4) is 0 Å². The Bertz CT molecular complexity index is 396. The van der Waals surface area contributed by atoms with Crippen LogP contribution in [-0.2, 0) is 4.74 Å². The van der Waals surface area contributed by atoms with Crippen molar-refractivity contribution < 1.29 is 9.15 Å². The van der Waals surface area contributed by atoms with Crippen LogP contribution in [0.2, 0.25) is 0 Å². The summed E-state index contributed by atoms with van der Waals surface area (Å²) >= 11 is 0. The fourth-order valence-corrected chi connectivity index (χ4v) is 2.33. The van der Waals surface area contributed by atoms with Crippen molar-refractivity contribution in [3.63, 3.8) is 0 Å². The molecule has 0 aromatic carbocycles. The number of ether oxygens (including phenoxy) is 1. The smallest absolute Gasteiger partial charge is 0.318 e. The van der Waals surface area contributed by atoms with Crippen molar-refractivity contribution in [2.24, 2.45) is 0 Å². The van der Waals surface area contributed by atoms with Crippen molar-refractivity contribution in [3.05, 3.63) is 5.89 Å². The van der Waals surface area contributed by atoms with Gasteiger partial charge < -0.3 is 19.4 Å². The average molecular weight is 268 g/mol. The lowest BCUT2D eigenvalue weighted by Crippen LogP contribution is -2.48. The van der Waals surface area contributed by atoms with Gasteiger partial charge in [-0.25, -0.2) is 0 Å². The number of hydrogen-bond donors (Lipinski definition) is 1. The van der Waals surface area contributed by atoms with E-state index in [1.807, 2.05) is 6.92 Å². The molecule has 0 radical (unpaired) electrons. The van der Waals surface area contributed by atoms with Gasteiger partial charge in [-0.2, -0.15) is 0 Å². The van der Waals surface area contributed by atoms with Gasteiger partial charge in [-0.3, -0.25) is 0 Å². The molecular weight excluding hydrogens is 244 g/mol. The van der Waals surface area contributed by atoms with Crippen molar-refractivity contribution in [1.29, 1.82) is 0 Å². The van der Waals surface area contributed by atoms with E-state index in [1.54, 1.807) is 0 Å². The zero-order valence-corrected chi connectivity index (χ0v) is 12.2. The van der Waals surface area contributed by atoms with Crippen LogP contribution < -0.4 is 10.2 Å². The minimum Gasteiger partial charge on any atom is -0.406 e. The van der Waals surface area contributed by atoms with Crippen molar-refractivity contribution >= 4 is 6.01 Å². The molecule has 1 aliphatic heterocycles. The van der Waals surface area contributed by atoms with E-state index >= 15 is 0 Å². The molecule has 19 heavy (non-hydrogen) atoms. The monoisotopic (exact) mass is 268 g/mol. The lowest BCUT2D eigenvalue weighted by Gasteiger charge is -2.36. The Morgan fingerprint density at radius 2 is 2.21 bits per heavy atom. The third-order valence-corrected chi connectivity index (χ3v) is 3.50. The molecule has 0 amide bonds. The van der Waals surface area contributed by atoms with Crippen LogP contribution in [0, 0.1) is 0 Å². The van der Waals surface area contributed by atoms with Gasteiger partial charge in [0, 0.05) is 6.54 Å². The predicted molar refractivity (Wildman–Crippen MR) is 73.2 cm³/mol. The number of nitrogens with one attached hydrogen (secondary N) is 1. The molecule has 6 nitrogen and oxygen atoms in total. The molecule has 1 N–H and O–H groups in total. The summed E-state index contributed by atoms with van der Waals surface area (Å²) in [5.74, 6) is 0.644. The van der Waals surface area contributed by atoms with Crippen LogP contribution in [0.4, 0.5) is 6.01 Å². The van der Waals surface area contributed by atoms with Gasteiger partial charge in [-0.05, 0) is 26.8 Å². The van der Waals surface area contributed by atoms with Crippen LogP contribution in [-0.4, -0.2) is 42.0 Å². The first-order valence-electron chi connectivity index (χ1n) is 7.10. The summed E-state index contributed by atoms with van der Waals surface area (Å²) in [6.45, 7) is 10.7. The predicted octanol–water partition coefficient (Wildman–Crippen LogP) is 1.74. The molecular formula is C13H24N4O2. The second-order valence-corrected chi connectivity index (χ2v) is 5.06. The first-order valence-corrected chi connectivity index (χ1v) is 7.10. The molecule has 0 bridgehead atoms. The molecule has 0 spiro atoms. The SMILES string of the molecule is CCNC(C)c1nnc(N2CC(C)OCC2CC)o1. The molecule has 3 atom stereocenters. The number of morpholine rings is 1.